The summed E-state index contributed by atoms with van der Waals surface area (Å²) in [6, 6.07) is 1.69. The van der Waals surface area contributed by atoms with Gasteiger partial charge < -0.3 is 5.32 Å². The lowest BCUT2D eigenvalue weighted by Crippen LogP contribution is -2.28. The molecular weight excluding hydrogens is 194 g/mol. The lowest BCUT2D eigenvalue weighted by Gasteiger charge is -2.13. The Morgan fingerprint density at radius 2 is 1.57 bits per heavy atom. The van der Waals surface area contributed by atoms with Crippen LogP contribution < -0.4 is 5.32 Å². The fraction of sp³-hybridized carbons (Fsp3) is 1.00. The lowest BCUT2D eigenvalue weighted by molar-refractivity contribution is 0.471. The van der Waals surface area contributed by atoms with Crippen LogP contribution in [0.1, 0.15) is 65.2 Å². The molecule has 1 nitrogen and oxygen atoms in total. The molecule has 0 aliphatic carbocycles. The molecule has 1 aliphatic rings. The van der Waals surface area contributed by atoms with Crippen molar-refractivity contribution in [2.24, 2.45) is 0 Å². The van der Waals surface area contributed by atoms with Crippen molar-refractivity contribution in [2.75, 3.05) is 0 Å². The lowest BCUT2D eigenvalue weighted by atomic mass is 10.1. The van der Waals surface area contributed by atoms with Crippen LogP contribution in [0.2, 0.25) is 0 Å². The Bertz CT molecular complexity index is 127. The normalized spacial score (nSPS) is 26.1. The highest BCUT2D eigenvalue weighted by Crippen LogP contribution is 2.20. The van der Waals surface area contributed by atoms with Gasteiger partial charge in [0.2, 0.25) is 0 Å². The van der Waals surface area contributed by atoms with Gasteiger partial charge in [-0.3, -0.25) is 0 Å². The van der Waals surface area contributed by atoms with Crippen molar-refractivity contribution in [3.05, 3.63) is 0 Å². The van der Waals surface area contributed by atoms with E-state index >= 15 is 0 Å². The summed E-state index contributed by atoms with van der Waals surface area (Å²) in [5.74, 6) is 0. The molecule has 1 fully saturated rings. The molecular formula is C12H26ClN. The Kier molecular flexibility index (Phi) is 8.70. The van der Waals surface area contributed by atoms with Crippen LogP contribution in [0.15, 0.2) is 0 Å². The summed E-state index contributed by atoms with van der Waals surface area (Å²) >= 11 is 0. The smallest absolute Gasteiger partial charge is 0.00702 e. The summed E-state index contributed by atoms with van der Waals surface area (Å²) in [4.78, 5) is 0. The van der Waals surface area contributed by atoms with Crippen LogP contribution in [0, 0.1) is 0 Å². The summed E-state index contributed by atoms with van der Waals surface area (Å²) in [6.07, 6.45) is 11.2. The van der Waals surface area contributed by atoms with Crippen LogP contribution in [0.3, 0.4) is 0 Å². The van der Waals surface area contributed by atoms with Crippen molar-refractivity contribution < 1.29 is 0 Å². The zero-order valence-corrected chi connectivity index (χ0v) is 10.5. The molecule has 0 aromatic carbocycles. The second-order valence-corrected chi connectivity index (χ2v) is 4.42. The average molecular weight is 220 g/mol. The van der Waals surface area contributed by atoms with Crippen molar-refractivity contribution in [1.29, 1.82) is 0 Å². The monoisotopic (exact) mass is 219 g/mol. The van der Waals surface area contributed by atoms with Gasteiger partial charge in [-0.1, -0.05) is 39.5 Å². The molecule has 2 atom stereocenters. The largest absolute Gasteiger partial charge is 0.311 e. The van der Waals surface area contributed by atoms with E-state index in [-0.39, 0.29) is 12.4 Å². The quantitative estimate of drug-likeness (QED) is 0.668. The molecule has 1 heterocycles. The van der Waals surface area contributed by atoms with Crippen molar-refractivity contribution >= 4 is 12.4 Å². The number of hydrogen-bond acceptors (Lipinski definition) is 1. The SMILES string of the molecule is CCCCC[C@H]1CC[C@@H](CCC)N1.Cl. The van der Waals surface area contributed by atoms with Crippen LogP contribution in [0.4, 0.5) is 0 Å². The predicted molar refractivity (Wildman–Crippen MR) is 66.2 cm³/mol. The van der Waals surface area contributed by atoms with Crippen molar-refractivity contribution in [2.45, 2.75) is 77.3 Å². The van der Waals surface area contributed by atoms with Gasteiger partial charge >= 0.3 is 0 Å². The minimum Gasteiger partial charge on any atom is -0.311 e. The second-order valence-electron chi connectivity index (χ2n) is 4.42. The van der Waals surface area contributed by atoms with E-state index in [1.807, 2.05) is 0 Å². The molecule has 2 heteroatoms. The van der Waals surface area contributed by atoms with Gasteiger partial charge in [0.15, 0.2) is 0 Å². The highest BCUT2D eigenvalue weighted by atomic mass is 35.5. The van der Waals surface area contributed by atoms with Gasteiger partial charge in [0.25, 0.3) is 0 Å². The fourth-order valence-corrected chi connectivity index (χ4v) is 2.35. The first kappa shape index (κ1) is 14.2. The van der Waals surface area contributed by atoms with Gasteiger partial charge in [-0.25, -0.2) is 0 Å². The van der Waals surface area contributed by atoms with Gasteiger partial charge in [-0.05, 0) is 25.7 Å². The number of hydrogen-bond donors (Lipinski definition) is 1. The first-order valence-corrected chi connectivity index (χ1v) is 6.12. The maximum atomic E-state index is 3.75. The Morgan fingerprint density at radius 1 is 0.929 bits per heavy atom. The minimum absolute atomic E-state index is 0. The van der Waals surface area contributed by atoms with Crippen molar-refractivity contribution in [1.82, 2.24) is 5.32 Å². The first-order chi connectivity index (χ1) is 6.36. The van der Waals surface area contributed by atoms with Gasteiger partial charge in [0.05, 0.1) is 0 Å². The van der Waals surface area contributed by atoms with Crippen LogP contribution in [-0.2, 0) is 0 Å². The van der Waals surface area contributed by atoms with E-state index < -0.39 is 0 Å². The molecule has 86 valence electrons. The van der Waals surface area contributed by atoms with E-state index in [2.05, 4.69) is 19.2 Å². The highest BCUT2D eigenvalue weighted by Gasteiger charge is 2.21. The zero-order valence-electron chi connectivity index (χ0n) is 9.72. The third-order valence-corrected chi connectivity index (χ3v) is 3.13. The number of halogens is 1. The van der Waals surface area contributed by atoms with Crippen molar-refractivity contribution in [3.8, 4) is 0 Å². The molecule has 0 spiro atoms. The zero-order chi connectivity index (χ0) is 9.52. The Hall–Kier alpha value is 0.250. The number of rotatable bonds is 6. The van der Waals surface area contributed by atoms with E-state index in [0.717, 1.165) is 12.1 Å². The predicted octanol–water partition coefficient (Wildman–Crippen LogP) is 3.91. The topological polar surface area (TPSA) is 12.0 Å². The highest BCUT2D eigenvalue weighted by molar-refractivity contribution is 5.85. The third-order valence-electron chi connectivity index (χ3n) is 3.13. The van der Waals surface area contributed by atoms with Crippen molar-refractivity contribution in [3.63, 3.8) is 0 Å². The van der Waals surface area contributed by atoms with E-state index in [4.69, 9.17) is 0 Å². The Balaban J connectivity index is 0.00000169. The van der Waals surface area contributed by atoms with E-state index in [0.29, 0.717) is 0 Å². The molecule has 0 aromatic rings. The number of unbranched alkanes of at least 4 members (excludes halogenated alkanes) is 2. The van der Waals surface area contributed by atoms with Crippen LogP contribution in [0.5, 0.6) is 0 Å². The maximum Gasteiger partial charge on any atom is 0.00702 e. The number of nitrogens with one attached hydrogen (secondary N) is 1. The molecule has 0 aromatic heterocycles. The van der Waals surface area contributed by atoms with E-state index in [1.54, 1.807) is 0 Å². The molecule has 14 heavy (non-hydrogen) atoms. The second kappa shape index (κ2) is 8.55. The van der Waals surface area contributed by atoms with Gasteiger partial charge in [-0.15, -0.1) is 12.4 Å². The molecule has 1 rings (SSSR count). The van der Waals surface area contributed by atoms with Gasteiger partial charge in [0.1, 0.15) is 0 Å². The molecule has 0 unspecified atom stereocenters. The molecule has 0 saturated carbocycles. The summed E-state index contributed by atoms with van der Waals surface area (Å²) in [5, 5.41) is 3.75. The van der Waals surface area contributed by atoms with Crippen LogP contribution in [-0.4, -0.2) is 12.1 Å². The fourth-order valence-electron chi connectivity index (χ4n) is 2.35. The molecule has 1 aliphatic heterocycles. The van der Waals surface area contributed by atoms with Gasteiger partial charge in [0, 0.05) is 12.1 Å². The summed E-state index contributed by atoms with van der Waals surface area (Å²) in [6.45, 7) is 4.56. The standard InChI is InChI=1S/C12H25N.ClH/c1-3-5-6-8-12-10-9-11(13-12)7-4-2;/h11-13H,3-10H2,1-2H3;1H/t11-,12+;/m1./s1. The van der Waals surface area contributed by atoms with Crippen LogP contribution >= 0.6 is 12.4 Å². The summed E-state index contributed by atoms with van der Waals surface area (Å²) in [7, 11) is 0. The molecule has 0 radical (unpaired) electrons. The minimum atomic E-state index is 0. The summed E-state index contributed by atoms with van der Waals surface area (Å²) < 4.78 is 0. The van der Waals surface area contributed by atoms with E-state index in [9.17, 15) is 0 Å². The van der Waals surface area contributed by atoms with Crippen LogP contribution in [0.25, 0.3) is 0 Å². The summed E-state index contributed by atoms with van der Waals surface area (Å²) in [5.41, 5.74) is 0. The molecule has 1 N–H and O–H groups in total. The molecule has 0 bridgehead atoms. The maximum absolute atomic E-state index is 3.75. The van der Waals surface area contributed by atoms with E-state index in [1.165, 1.54) is 51.4 Å². The third kappa shape index (κ3) is 5.21. The Labute approximate surface area is 95.5 Å². The first-order valence-electron chi connectivity index (χ1n) is 6.12. The molecule has 0 amide bonds. The Morgan fingerprint density at radius 3 is 2.14 bits per heavy atom. The molecule has 1 saturated heterocycles. The van der Waals surface area contributed by atoms with Gasteiger partial charge in [-0.2, -0.15) is 0 Å². The average Bonchev–Trinajstić information content (AvgIpc) is 2.54.